The minimum atomic E-state index is -4.73. The molecule has 3 aromatic rings. The maximum Gasteiger partial charge on any atom is 0.423 e. The predicted octanol–water partition coefficient (Wildman–Crippen LogP) is 6.54. The van der Waals surface area contributed by atoms with E-state index in [0.29, 0.717) is 10.9 Å². The second kappa shape index (κ2) is 12.3. The molecule has 2 aromatic carbocycles. The van der Waals surface area contributed by atoms with Gasteiger partial charge in [0.25, 0.3) is 11.6 Å². The Balaban J connectivity index is 0.000000216. The summed E-state index contributed by atoms with van der Waals surface area (Å²) >= 11 is 0. The third kappa shape index (κ3) is 8.27. The number of hydrogen-bond donors (Lipinski definition) is 3. The number of aliphatic hydroxyl groups excluding tert-OH is 1. The number of nitro groups is 1. The fourth-order valence-corrected chi connectivity index (χ4v) is 4.05. The zero-order chi connectivity index (χ0) is 28.8. The quantitative estimate of drug-likeness (QED) is 0.186. The number of pyridine rings is 1. The number of amides is 1. The number of alkyl halides is 6. The summed E-state index contributed by atoms with van der Waals surface area (Å²) in [6.07, 6.45) is -4.05. The number of carbonyl (C=O) groups is 1. The van der Waals surface area contributed by atoms with E-state index in [0.717, 1.165) is 56.4 Å². The van der Waals surface area contributed by atoms with Crippen LogP contribution in [0.15, 0.2) is 48.5 Å². The molecule has 14 heteroatoms. The molecule has 39 heavy (non-hydrogen) atoms. The van der Waals surface area contributed by atoms with Crippen molar-refractivity contribution in [2.45, 2.75) is 50.5 Å². The highest BCUT2D eigenvalue weighted by Gasteiger charge is 2.38. The predicted molar refractivity (Wildman–Crippen MR) is 131 cm³/mol. The first-order valence-electron chi connectivity index (χ1n) is 11.8. The van der Waals surface area contributed by atoms with E-state index in [1.807, 2.05) is 0 Å². The van der Waals surface area contributed by atoms with Crippen LogP contribution in [0.4, 0.5) is 43.5 Å². The van der Waals surface area contributed by atoms with Gasteiger partial charge in [-0.3, -0.25) is 14.9 Å². The van der Waals surface area contributed by atoms with Gasteiger partial charge in [0, 0.05) is 23.2 Å². The van der Waals surface area contributed by atoms with Crippen LogP contribution in [0.1, 0.15) is 43.2 Å². The minimum absolute atomic E-state index is 0.145. The third-order valence-electron chi connectivity index (χ3n) is 5.90. The SMILES string of the molecule is O=C(CO)Nc1ccc2cc(C(F)(F)F)ccc2n1.O=[N+]([O-])c1ccc(NC2CCCCC2)cc1C(F)(F)F. The molecule has 1 fully saturated rings. The molecular formula is C25H24F6N4O4. The maximum absolute atomic E-state index is 12.8. The van der Waals surface area contributed by atoms with Gasteiger partial charge in [-0.1, -0.05) is 19.3 Å². The lowest BCUT2D eigenvalue weighted by atomic mass is 9.95. The van der Waals surface area contributed by atoms with Gasteiger partial charge in [-0.25, -0.2) is 4.98 Å². The molecule has 1 amide bonds. The molecule has 1 heterocycles. The van der Waals surface area contributed by atoms with E-state index in [9.17, 15) is 41.3 Å². The first-order valence-corrected chi connectivity index (χ1v) is 11.8. The fraction of sp³-hybridized carbons (Fsp3) is 0.360. The van der Waals surface area contributed by atoms with Crippen LogP contribution in [0.3, 0.4) is 0 Å². The number of aliphatic hydroxyl groups is 1. The van der Waals surface area contributed by atoms with Crippen LogP contribution in [0.5, 0.6) is 0 Å². The smallest absolute Gasteiger partial charge is 0.387 e. The summed E-state index contributed by atoms with van der Waals surface area (Å²) in [5, 5.41) is 24.9. The zero-order valence-electron chi connectivity index (χ0n) is 20.3. The van der Waals surface area contributed by atoms with Crippen LogP contribution >= 0.6 is 0 Å². The van der Waals surface area contributed by atoms with E-state index in [1.165, 1.54) is 24.3 Å². The highest BCUT2D eigenvalue weighted by Crippen LogP contribution is 2.38. The third-order valence-corrected chi connectivity index (χ3v) is 5.90. The number of halogens is 6. The fourth-order valence-electron chi connectivity index (χ4n) is 4.05. The molecule has 1 aliphatic rings. The van der Waals surface area contributed by atoms with Crippen molar-refractivity contribution in [1.82, 2.24) is 4.98 Å². The summed E-state index contributed by atoms with van der Waals surface area (Å²) in [4.78, 5) is 24.6. The van der Waals surface area contributed by atoms with Gasteiger partial charge in [0.05, 0.1) is 16.0 Å². The second-order valence-electron chi connectivity index (χ2n) is 8.77. The Labute approximate surface area is 218 Å². The minimum Gasteiger partial charge on any atom is -0.387 e. The van der Waals surface area contributed by atoms with Crippen LogP contribution in [-0.2, 0) is 17.1 Å². The molecule has 0 radical (unpaired) electrons. The molecule has 1 saturated carbocycles. The Morgan fingerprint density at radius 3 is 2.26 bits per heavy atom. The summed E-state index contributed by atoms with van der Waals surface area (Å²) in [6, 6.07) is 9.15. The molecule has 0 saturated heterocycles. The number of carbonyl (C=O) groups excluding carboxylic acids is 1. The van der Waals surface area contributed by atoms with Crippen molar-refractivity contribution in [3.63, 3.8) is 0 Å². The Bertz CT molecular complexity index is 1320. The van der Waals surface area contributed by atoms with E-state index >= 15 is 0 Å². The molecule has 1 aromatic heterocycles. The summed E-state index contributed by atoms with van der Waals surface area (Å²) < 4.78 is 76.0. The topological polar surface area (TPSA) is 117 Å². The summed E-state index contributed by atoms with van der Waals surface area (Å²) in [7, 11) is 0. The number of nitro benzene ring substituents is 1. The molecule has 0 aliphatic heterocycles. The lowest BCUT2D eigenvalue weighted by Gasteiger charge is -2.24. The summed E-state index contributed by atoms with van der Waals surface area (Å²) in [5.41, 5.74) is -2.26. The van der Waals surface area contributed by atoms with Gasteiger partial charge in [0.15, 0.2) is 0 Å². The van der Waals surface area contributed by atoms with Gasteiger partial charge in [-0.2, -0.15) is 26.3 Å². The van der Waals surface area contributed by atoms with Gasteiger partial charge in [0.2, 0.25) is 0 Å². The molecule has 4 rings (SSSR count). The molecule has 0 bridgehead atoms. The largest absolute Gasteiger partial charge is 0.423 e. The van der Waals surface area contributed by atoms with Gasteiger partial charge < -0.3 is 15.7 Å². The summed E-state index contributed by atoms with van der Waals surface area (Å²) in [6.45, 7) is -0.688. The highest BCUT2D eigenvalue weighted by atomic mass is 19.4. The van der Waals surface area contributed by atoms with Crippen LogP contribution in [-0.4, -0.2) is 33.6 Å². The number of aromatic nitrogens is 1. The van der Waals surface area contributed by atoms with Crippen LogP contribution < -0.4 is 10.6 Å². The Kier molecular flexibility index (Phi) is 9.32. The van der Waals surface area contributed by atoms with Gasteiger partial charge in [-0.15, -0.1) is 0 Å². The number of hydrogen-bond acceptors (Lipinski definition) is 6. The first kappa shape index (κ1) is 29.6. The molecular weight excluding hydrogens is 534 g/mol. The zero-order valence-corrected chi connectivity index (χ0v) is 20.3. The van der Waals surface area contributed by atoms with Crippen LogP contribution in [0.2, 0.25) is 0 Å². The number of anilines is 2. The summed E-state index contributed by atoms with van der Waals surface area (Å²) in [5.74, 6) is -0.468. The normalized spacial score (nSPS) is 14.3. The molecule has 0 atom stereocenters. The number of rotatable bonds is 5. The monoisotopic (exact) mass is 558 g/mol. The van der Waals surface area contributed by atoms with E-state index in [2.05, 4.69) is 15.6 Å². The molecule has 8 nitrogen and oxygen atoms in total. The average molecular weight is 558 g/mol. The van der Waals surface area contributed by atoms with Gasteiger partial charge in [0.1, 0.15) is 18.0 Å². The number of benzene rings is 2. The molecule has 3 N–H and O–H groups in total. The lowest BCUT2D eigenvalue weighted by Crippen LogP contribution is -2.22. The van der Waals surface area contributed by atoms with Crippen molar-refractivity contribution in [3.8, 4) is 0 Å². The Morgan fingerprint density at radius 2 is 1.67 bits per heavy atom. The van der Waals surface area contributed by atoms with E-state index < -0.39 is 46.6 Å². The standard InChI is InChI=1S/C13H15F3N2O2.C12H9F3N2O2/c14-13(15,16)11-8-10(6-7-12(11)18(19)20)17-9-4-2-1-3-5-9;13-12(14,15)8-2-3-9-7(5-8)1-4-10(16-9)17-11(19)6-18/h6-9,17H,1-5H2;1-5,18H,6H2,(H,16,17,19). The van der Waals surface area contributed by atoms with Crippen molar-refractivity contribution in [2.24, 2.45) is 0 Å². The maximum atomic E-state index is 12.8. The van der Waals surface area contributed by atoms with Crippen molar-refractivity contribution < 1.29 is 41.2 Å². The van der Waals surface area contributed by atoms with Crippen molar-refractivity contribution in [1.29, 1.82) is 0 Å². The number of fused-ring (bicyclic) bond motifs is 1. The van der Waals surface area contributed by atoms with Crippen molar-refractivity contribution >= 4 is 34.0 Å². The highest BCUT2D eigenvalue weighted by molar-refractivity contribution is 5.92. The number of nitrogens with one attached hydrogen (secondary N) is 2. The van der Waals surface area contributed by atoms with E-state index in [-0.39, 0.29) is 17.5 Å². The average Bonchev–Trinajstić information content (AvgIpc) is 2.88. The molecule has 1 aliphatic carbocycles. The number of nitrogens with zero attached hydrogens (tertiary/aromatic N) is 2. The Hall–Kier alpha value is -3.94. The molecule has 210 valence electrons. The molecule has 0 spiro atoms. The van der Waals surface area contributed by atoms with E-state index in [4.69, 9.17) is 5.11 Å². The lowest BCUT2D eigenvalue weighted by molar-refractivity contribution is -0.388. The van der Waals surface area contributed by atoms with Crippen molar-refractivity contribution in [3.05, 3.63) is 69.8 Å². The van der Waals surface area contributed by atoms with Gasteiger partial charge in [-0.05, 0) is 55.3 Å². The van der Waals surface area contributed by atoms with Crippen LogP contribution in [0, 0.1) is 10.1 Å². The van der Waals surface area contributed by atoms with Gasteiger partial charge >= 0.3 is 12.4 Å². The van der Waals surface area contributed by atoms with Crippen LogP contribution in [0.25, 0.3) is 10.9 Å². The second-order valence-corrected chi connectivity index (χ2v) is 8.77. The molecule has 0 unspecified atom stereocenters. The Morgan fingerprint density at radius 1 is 0.974 bits per heavy atom. The van der Waals surface area contributed by atoms with Crippen molar-refractivity contribution in [2.75, 3.05) is 17.2 Å². The van der Waals surface area contributed by atoms with E-state index in [1.54, 1.807) is 0 Å². The first-order chi connectivity index (χ1) is 18.3.